The van der Waals surface area contributed by atoms with E-state index >= 15 is 0 Å². The average molecular weight is 472 g/mol. The van der Waals surface area contributed by atoms with Crippen molar-refractivity contribution in [3.8, 4) is 11.5 Å². The summed E-state index contributed by atoms with van der Waals surface area (Å²) in [7, 11) is 3.98. The van der Waals surface area contributed by atoms with Gasteiger partial charge in [-0.25, -0.2) is 4.98 Å². The van der Waals surface area contributed by atoms with E-state index < -0.39 is 12.3 Å². The highest BCUT2D eigenvalue weighted by Crippen LogP contribution is 2.38. The van der Waals surface area contributed by atoms with E-state index in [2.05, 4.69) is 19.9 Å². The van der Waals surface area contributed by atoms with Crippen molar-refractivity contribution in [3.63, 3.8) is 0 Å². The molecule has 2 aromatic carbocycles. The number of hydrogen-bond acceptors (Lipinski definition) is 6. The van der Waals surface area contributed by atoms with Gasteiger partial charge < -0.3 is 24.6 Å². The smallest absolute Gasteiger partial charge is 0.489 e. The summed E-state index contributed by atoms with van der Waals surface area (Å²) in [6.45, 7) is 1.71. The number of amides is 1. The molecule has 0 saturated carbocycles. The lowest BCUT2D eigenvalue weighted by Gasteiger charge is -2.31. The van der Waals surface area contributed by atoms with Crippen molar-refractivity contribution in [2.24, 2.45) is 0 Å². The molecule has 0 radical (unpaired) electrons. The minimum atomic E-state index is -4.78. The number of nitrogens with one attached hydrogen (secondary N) is 1. The number of carbonyl (C=O) groups excluding carboxylic acids is 1. The molecule has 1 N–H and O–H groups in total. The van der Waals surface area contributed by atoms with Gasteiger partial charge in [-0.1, -0.05) is 12.1 Å². The van der Waals surface area contributed by atoms with E-state index in [1.54, 1.807) is 12.1 Å². The van der Waals surface area contributed by atoms with Gasteiger partial charge in [0.15, 0.2) is 5.75 Å². The van der Waals surface area contributed by atoms with E-state index in [-0.39, 0.29) is 5.75 Å². The Balaban J connectivity index is 1.53. The Labute approximate surface area is 194 Å². The first kappa shape index (κ1) is 23.4. The molecule has 0 saturated heterocycles. The molecule has 178 valence electrons. The van der Waals surface area contributed by atoms with Gasteiger partial charge in [0.25, 0.3) is 5.91 Å². The highest BCUT2D eigenvalue weighted by atomic mass is 19.4. The number of carbonyl (C=O) groups is 1. The second kappa shape index (κ2) is 9.60. The highest BCUT2D eigenvalue weighted by Gasteiger charge is 2.31. The molecule has 7 nitrogen and oxygen atoms in total. The number of halogens is 3. The van der Waals surface area contributed by atoms with Crippen molar-refractivity contribution >= 4 is 23.1 Å². The van der Waals surface area contributed by atoms with Crippen LogP contribution in [0, 0.1) is 0 Å². The number of alkyl halides is 3. The van der Waals surface area contributed by atoms with Crippen LogP contribution in [0.2, 0.25) is 0 Å². The van der Waals surface area contributed by atoms with Crippen LogP contribution < -0.4 is 19.7 Å². The lowest BCUT2D eigenvalue weighted by molar-refractivity contribution is -0.274. The molecule has 1 aliphatic heterocycles. The zero-order chi connectivity index (χ0) is 24.3. The van der Waals surface area contributed by atoms with Crippen molar-refractivity contribution in [3.05, 3.63) is 71.9 Å². The first-order valence-electron chi connectivity index (χ1n) is 10.5. The minimum Gasteiger partial charge on any atom is -0.489 e. The van der Waals surface area contributed by atoms with Crippen LogP contribution in [0.3, 0.4) is 0 Å². The molecule has 0 fully saturated rings. The maximum Gasteiger partial charge on any atom is 0.573 e. The monoisotopic (exact) mass is 472 g/mol. The van der Waals surface area contributed by atoms with Crippen LogP contribution in [0.15, 0.2) is 60.8 Å². The quantitative estimate of drug-likeness (QED) is 0.555. The SMILES string of the molecule is CN(C)Cc1ccc(N2CCOc3c(C(=O)Nc4ccc(OC(F)(F)F)cc4)cccc32)nc1. The van der Waals surface area contributed by atoms with Crippen molar-refractivity contribution in [1.29, 1.82) is 0 Å². The Morgan fingerprint density at radius 2 is 1.91 bits per heavy atom. The first-order chi connectivity index (χ1) is 16.2. The normalized spacial score (nSPS) is 13.3. The number of benzene rings is 2. The summed E-state index contributed by atoms with van der Waals surface area (Å²) in [6, 6.07) is 14.1. The molecule has 0 bridgehead atoms. The van der Waals surface area contributed by atoms with Crippen LogP contribution in [0.4, 0.5) is 30.4 Å². The number of nitrogens with zero attached hydrogens (tertiary/aromatic N) is 3. The molecule has 3 aromatic rings. The van der Waals surface area contributed by atoms with Gasteiger partial charge >= 0.3 is 6.36 Å². The standard InChI is InChI=1S/C24H23F3N4O3/c1-30(2)15-16-6-11-21(28-14-16)31-12-13-33-22-19(4-3-5-20(22)31)23(32)29-17-7-9-18(10-8-17)34-24(25,26)27/h3-11,14H,12-13,15H2,1-2H3,(H,29,32). The molecule has 0 aliphatic carbocycles. The van der Waals surface area contributed by atoms with Crippen LogP contribution in [-0.2, 0) is 6.54 Å². The number of pyridine rings is 1. The molecule has 2 heterocycles. The fourth-order valence-corrected chi connectivity index (χ4v) is 3.64. The van der Waals surface area contributed by atoms with Gasteiger partial charge in [0, 0.05) is 18.4 Å². The summed E-state index contributed by atoms with van der Waals surface area (Å²) in [6.07, 6.45) is -2.95. The predicted molar refractivity (Wildman–Crippen MR) is 122 cm³/mol. The molecular formula is C24H23F3N4O3. The number of aromatic nitrogens is 1. The Morgan fingerprint density at radius 1 is 1.15 bits per heavy atom. The predicted octanol–water partition coefficient (Wildman–Crippen LogP) is 4.82. The highest BCUT2D eigenvalue weighted by molar-refractivity contribution is 6.07. The van der Waals surface area contributed by atoms with E-state index in [4.69, 9.17) is 4.74 Å². The van der Waals surface area contributed by atoms with Gasteiger partial charge in [0.2, 0.25) is 0 Å². The van der Waals surface area contributed by atoms with Gasteiger partial charge in [0.1, 0.15) is 18.2 Å². The Kier molecular flexibility index (Phi) is 6.60. The van der Waals surface area contributed by atoms with Crippen molar-refractivity contribution in [2.45, 2.75) is 12.9 Å². The van der Waals surface area contributed by atoms with Gasteiger partial charge in [-0.2, -0.15) is 0 Å². The third kappa shape index (κ3) is 5.57. The van der Waals surface area contributed by atoms with E-state index in [0.717, 1.165) is 30.1 Å². The van der Waals surface area contributed by atoms with Crippen LogP contribution in [0.1, 0.15) is 15.9 Å². The van der Waals surface area contributed by atoms with Gasteiger partial charge in [-0.05, 0) is 62.1 Å². The molecule has 0 unspecified atom stereocenters. The lowest BCUT2D eigenvalue weighted by atomic mass is 10.1. The molecule has 4 rings (SSSR count). The van der Waals surface area contributed by atoms with Gasteiger partial charge in [-0.3, -0.25) is 4.79 Å². The molecule has 0 atom stereocenters. The summed E-state index contributed by atoms with van der Waals surface area (Å²) in [5, 5.41) is 2.68. The van der Waals surface area contributed by atoms with Crippen molar-refractivity contribution in [2.75, 3.05) is 37.5 Å². The first-order valence-corrected chi connectivity index (χ1v) is 10.5. The van der Waals surface area contributed by atoms with Crippen LogP contribution in [0.25, 0.3) is 0 Å². The minimum absolute atomic E-state index is 0.307. The maximum atomic E-state index is 12.9. The van der Waals surface area contributed by atoms with E-state index in [9.17, 15) is 18.0 Å². The summed E-state index contributed by atoms with van der Waals surface area (Å²) in [4.78, 5) is 21.6. The van der Waals surface area contributed by atoms with E-state index in [0.29, 0.717) is 35.8 Å². The Bertz CT molecular complexity index is 1150. The number of rotatable bonds is 6. The number of ether oxygens (including phenoxy) is 2. The summed E-state index contributed by atoms with van der Waals surface area (Å²) in [5.74, 6) is 0.343. The zero-order valence-electron chi connectivity index (χ0n) is 18.6. The lowest BCUT2D eigenvalue weighted by Crippen LogP contribution is -2.30. The molecule has 0 spiro atoms. The summed E-state index contributed by atoms with van der Waals surface area (Å²) < 4.78 is 46.7. The fraction of sp³-hybridized carbons (Fsp3) is 0.250. The van der Waals surface area contributed by atoms with Crippen molar-refractivity contribution < 1.29 is 27.4 Å². The third-order valence-corrected chi connectivity index (χ3v) is 5.02. The second-order valence-corrected chi connectivity index (χ2v) is 7.94. The van der Waals surface area contributed by atoms with Crippen LogP contribution >= 0.6 is 0 Å². The third-order valence-electron chi connectivity index (χ3n) is 5.02. The molecule has 1 amide bonds. The molecule has 1 aromatic heterocycles. The molecule has 1 aliphatic rings. The number of para-hydroxylation sites is 1. The van der Waals surface area contributed by atoms with Crippen molar-refractivity contribution in [1.82, 2.24) is 9.88 Å². The number of fused-ring (bicyclic) bond motifs is 1. The zero-order valence-corrected chi connectivity index (χ0v) is 18.6. The fourth-order valence-electron chi connectivity index (χ4n) is 3.64. The second-order valence-electron chi connectivity index (χ2n) is 7.94. The maximum absolute atomic E-state index is 12.9. The van der Waals surface area contributed by atoms with Crippen LogP contribution in [-0.4, -0.2) is 49.4 Å². The number of hydrogen-bond donors (Lipinski definition) is 1. The summed E-state index contributed by atoms with van der Waals surface area (Å²) in [5.41, 5.74) is 2.42. The Hall–Kier alpha value is -3.79. The van der Waals surface area contributed by atoms with E-state index in [1.165, 1.54) is 12.1 Å². The van der Waals surface area contributed by atoms with Gasteiger partial charge in [0.05, 0.1) is 17.8 Å². The average Bonchev–Trinajstić information content (AvgIpc) is 2.79. The van der Waals surface area contributed by atoms with E-state index in [1.807, 2.05) is 43.4 Å². The molecular weight excluding hydrogens is 449 g/mol. The Morgan fingerprint density at radius 3 is 2.56 bits per heavy atom. The number of anilines is 3. The topological polar surface area (TPSA) is 66.9 Å². The largest absolute Gasteiger partial charge is 0.573 e. The van der Waals surface area contributed by atoms with Gasteiger partial charge in [-0.15, -0.1) is 13.2 Å². The molecule has 10 heteroatoms. The summed E-state index contributed by atoms with van der Waals surface area (Å²) >= 11 is 0. The molecule has 34 heavy (non-hydrogen) atoms. The van der Waals surface area contributed by atoms with Crippen LogP contribution in [0.5, 0.6) is 11.5 Å².